The van der Waals surface area contributed by atoms with Gasteiger partial charge >= 0.3 is 0 Å². The molecule has 0 heterocycles. The Labute approximate surface area is 97.3 Å². The normalized spacial score (nSPS) is 15.8. The highest BCUT2D eigenvalue weighted by atomic mass is 14.2. The first-order valence-electron chi connectivity index (χ1n) is 6.36. The lowest BCUT2D eigenvalue weighted by Gasteiger charge is -2.12. The van der Waals surface area contributed by atoms with Crippen LogP contribution in [-0.4, -0.2) is 0 Å². The van der Waals surface area contributed by atoms with Crippen molar-refractivity contribution in [3.63, 3.8) is 0 Å². The van der Waals surface area contributed by atoms with Gasteiger partial charge in [0.2, 0.25) is 0 Å². The molecule has 0 N–H and O–H groups in total. The molecule has 0 radical (unpaired) electrons. The van der Waals surface area contributed by atoms with Crippen molar-refractivity contribution in [2.75, 3.05) is 0 Å². The zero-order valence-electron chi connectivity index (χ0n) is 9.92. The van der Waals surface area contributed by atoms with Gasteiger partial charge in [-0.2, -0.15) is 0 Å². The number of rotatable bonds is 0. The molecule has 0 aromatic heterocycles. The van der Waals surface area contributed by atoms with Crippen LogP contribution in [0.1, 0.15) is 36.0 Å². The van der Waals surface area contributed by atoms with E-state index in [2.05, 4.69) is 37.3 Å². The van der Waals surface area contributed by atoms with Crippen molar-refractivity contribution >= 4 is 10.8 Å². The Balaban J connectivity index is 2.32. The second kappa shape index (κ2) is 3.93. The molecule has 82 valence electrons. The molecular weight excluding hydrogens is 192 g/mol. The summed E-state index contributed by atoms with van der Waals surface area (Å²) in [5.41, 5.74) is 4.67. The van der Waals surface area contributed by atoms with Crippen LogP contribution in [0.2, 0.25) is 0 Å². The minimum atomic E-state index is 1.27. The molecule has 0 atom stereocenters. The summed E-state index contributed by atoms with van der Waals surface area (Å²) in [6.45, 7) is 2.24. The maximum absolute atomic E-state index is 2.42. The van der Waals surface area contributed by atoms with E-state index in [1.165, 1.54) is 48.4 Å². The van der Waals surface area contributed by atoms with E-state index >= 15 is 0 Å². The van der Waals surface area contributed by atoms with Crippen molar-refractivity contribution in [3.05, 3.63) is 47.0 Å². The molecule has 0 aliphatic heterocycles. The Morgan fingerprint density at radius 3 is 2.50 bits per heavy atom. The van der Waals surface area contributed by atoms with Gasteiger partial charge in [0, 0.05) is 0 Å². The van der Waals surface area contributed by atoms with Gasteiger partial charge in [-0.3, -0.25) is 0 Å². The van der Waals surface area contributed by atoms with E-state index in [9.17, 15) is 0 Å². The number of fused-ring (bicyclic) bond motifs is 3. The number of aryl methyl sites for hydroxylation is 3. The third kappa shape index (κ3) is 1.53. The Bertz CT molecular complexity index is 523. The Morgan fingerprint density at radius 1 is 0.875 bits per heavy atom. The van der Waals surface area contributed by atoms with Gasteiger partial charge in [-0.1, -0.05) is 36.8 Å². The molecule has 1 aliphatic rings. The highest BCUT2D eigenvalue weighted by Gasteiger charge is 2.12. The highest BCUT2D eigenvalue weighted by Crippen LogP contribution is 2.30. The lowest BCUT2D eigenvalue weighted by molar-refractivity contribution is 0.712. The van der Waals surface area contributed by atoms with E-state index in [1.54, 1.807) is 11.1 Å². The van der Waals surface area contributed by atoms with Crippen molar-refractivity contribution < 1.29 is 0 Å². The monoisotopic (exact) mass is 210 g/mol. The second-order valence-corrected chi connectivity index (χ2v) is 4.94. The first kappa shape index (κ1) is 9.89. The molecule has 0 amide bonds. The number of hydrogen-bond acceptors (Lipinski definition) is 0. The number of benzene rings is 2. The van der Waals surface area contributed by atoms with Crippen molar-refractivity contribution in [2.45, 2.75) is 39.0 Å². The molecule has 0 unspecified atom stereocenters. The van der Waals surface area contributed by atoms with Gasteiger partial charge in [-0.15, -0.1) is 0 Å². The summed E-state index contributed by atoms with van der Waals surface area (Å²) in [5, 5.41) is 2.95. The lowest BCUT2D eigenvalue weighted by atomic mass is 9.92. The van der Waals surface area contributed by atoms with Crippen LogP contribution in [0.4, 0.5) is 0 Å². The molecule has 16 heavy (non-hydrogen) atoms. The van der Waals surface area contributed by atoms with Crippen molar-refractivity contribution in [1.29, 1.82) is 0 Å². The number of hydrogen-bond donors (Lipinski definition) is 0. The fourth-order valence-corrected chi connectivity index (χ4v) is 3.00. The van der Waals surface area contributed by atoms with Gasteiger partial charge in [-0.25, -0.2) is 0 Å². The quantitative estimate of drug-likeness (QED) is 0.565. The van der Waals surface area contributed by atoms with Crippen LogP contribution in [0.5, 0.6) is 0 Å². The molecule has 0 fully saturated rings. The van der Waals surface area contributed by atoms with E-state index < -0.39 is 0 Å². The summed E-state index contributed by atoms with van der Waals surface area (Å²) in [6.07, 6.45) is 6.67. The van der Waals surface area contributed by atoms with E-state index in [0.29, 0.717) is 0 Å². The van der Waals surface area contributed by atoms with Gasteiger partial charge in [0.05, 0.1) is 0 Å². The van der Waals surface area contributed by atoms with Crippen molar-refractivity contribution in [2.24, 2.45) is 0 Å². The van der Waals surface area contributed by atoms with Crippen LogP contribution >= 0.6 is 0 Å². The fourth-order valence-electron chi connectivity index (χ4n) is 3.00. The summed E-state index contributed by atoms with van der Waals surface area (Å²) in [5.74, 6) is 0. The van der Waals surface area contributed by atoms with Crippen molar-refractivity contribution in [1.82, 2.24) is 0 Å². The molecule has 2 aromatic carbocycles. The summed E-state index contributed by atoms with van der Waals surface area (Å²) in [6, 6.07) is 11.3. The molecule has 0 heteroatoms. The van der Waals surface area contributed by atoms with Crippen LogP contribution in [0, 0.1) is 6.92 Å². The van der Waals surface area contributed by atoms with Crippen LogP contribution in [0.15, 0.2) is 30.3 Å². The van der Waals surface area contributed by atoms with E-state index in [-0.39, 0.29) is 0 Å². The molecule has 0 saturated carbocycles. The fraction of sp³-hybridized carbons (Fsp3) is 0.375. The Morgan fingerprint density at radius 2 is 1.62 bits per heavy atom. The smallest absolute Gasteiger partial charge is 0.0147 e. The molecule has 0 nitrogen and oxygen atoms in total. The predicted octanol–water partition coefficient (Wildman–Crippen LogP) is 4.42. The molecule has 0 spiro atoms. The van der Waals surface area contributed by atoms with Crippen LogP contribution in [0.3, 0.4) is 0 Å². The summed E-state index contributed by atoms with van der Waals surface area (Å²) in [4.78, 5) is 0. The van der Waals surface area contributed by atoms with Crippen LogP contribution < -0.4 is 0 Å². The standard InChI is InChI=1S/C16H18/c1-12-11-13-7-3-2-4-9-15(13)16-10-6-5-8-14(12)16/h5-6,8,10-11H,2-4,7,9H2,1H3. The van der Waals surface area contributed by atoms with E-state index in [1.807, 2.05) is 0 Å². The van der Waals surface area contributed by atoms with Gasteiger partial charge in [-0.05, 0) is 60.1 Å². The third-order valence-corrected chi connectivity index (χ3v) is 3.83. The second-order valence-electron chi connectivity index (χ2n) is 4.94. The van der Waals surface area contributed by atoms with Crippen LogP contribution in [0.25, 0.3) is 10.8 Å². The average Bonchev–Trinajstić information content (AvgIpc) is 2.55. The SMILES string of the molecule is Cc1cc2c(c3ccccc13)CCCCC2. The molecule has 1 aliphatic carbocycles. The summed E-state index contributed by atoms with van der Waals surface area (Å²) in [7, 11) is 0. The molecule has 0 saturated heterocycles. The first-order chi connectivity index (χ1) is 7.86. The van der Waals surface area contributed by atoms with E-state index in [0.717, 1.165) is 0 Å². The molecule has 2 aromatic rings. The lowest BCUT2D eigenvalue weighted by Crippen LogP contribution is -1.94. The van der Waals surface area contributed by atoms with Gasteiger partial charge in [0.1, 0.15) is 0 Å². The van der Waals surface area contributed by atoms with Gasteiger partial charge in [0.15, 0.2) is 0 Å². The zero-order valence-corrected chi connectivity index (χ0v) is 9.92. The Kier molecular flexibility index (Phi) is 2.43. The zero-order chi connectivity index (χ0) is 11.0. The first-order valence-corrected chi connectivity index (χ1v) is 6.36. The topological polar surface area (TPSA) is 0 Å². The minimum absolute atomic E-state index is 1.27. The summed E-state index contributed by atoms with van der Waals surface area (Å²) >= 11 is 0. The maximum atomic E-state index is 2.42. The third-order valence-electron chi connectivity index (χ3n) is 3.83. The summed E-state index contributed by atoms with van der Waals surface area (Å²) < 4.78 is 0. The highest BCUT2D eigenvalue weighted by molar-refractivity contribution is 5.89. The predicted molar refractivity (Wildman–Crippen MR) is 69.9 cm³/mol. The Hall–Kier alpha value is -1.30. The van der Waals surface area contributed by atoms with Crippen LogP contribution in [-0.2, 0) is 12.8 Å². The van der Waals surface area contributed by atoms with Gasteiger partial charge in [0.25, 0.3) is 0 Å². The minimum Gasteiger partial charge on any atom is -0.0616 e. The maximum Gasteiger partial charge on any atom is -0.0147 e. The largest absolute Gasteiger partial charge is 0.0616 e. The van der Waals surface area contributed by atoms with Gasteiger partial charge < -0.3 is 0 Å². The average molecular weight is 210 g/mol. The molecule has 0 bridgehead atoms. The molecule has 3 rings (SSSR count). The van der Waals surface area contributed by atoms with E-state index in [4.69, 9.17) is 0 Å². The molecular formula is C16H18. The van der Waals surface area contributed by atoms with Crippen molar-refractivity contribution in [3.8, 4) is 0 Å².